The highest BCUT2D eigenvalue weighted by Gasteiger charge is 2.02. The molecule has 2 N–H and O–H groups in total. The minimum atomic E-state index is 0.451. The summed E-state index contributed by atoms with van der Waals surface area (Å²) in [5.74, 6) is 0.451. The lowest BCUT2D eigenvalue weighted by Crippen LogP contribution is -1.75. The number of hydrogen-bond acceptors (Lipinski definition) is 2. The van der Waals surface area contributed by atoms with Crippen molar-refractivity contribution in [3.63, 3.8) is 0 Å². The summed E-state index contributed by atoms with van der Waals surface area (Å²) < 4.78 is 6.21. The standard InChI is InChI=1S/C8H6BrNO/c9-6-2-1-3-7-5(6)4-8(10)11-7/h1-4H,10H2. The van der Waals surface area contributed by atoms with Gasteiger partial charge >= 0.3 is 0 Å². The molecule has 0 unspecified atom stereocenters. The third-order valence-electron chi connectivity index (χ3n) is 1.53. The van der Waals surface area contributed by atoms with Gasteiger partial charge in [0.1, 0.15) is 5.58 Å². The quantitative estimate of drug-likeness (QED) is 0.729. The van der Waals surface area contributed by atoms with Gasteiger partial charge in [0.05, 0.1) is 0 Å². The predicted molar refractivity (Wildman–Crippen MR) is 48.3 cm³/mol. The molecule has 0 saturated carbocycles. The molecule has 11 heavy (non-hydrogen) atoms. The number of rotatable bonds is 0. The molecule has 56 valence electrons. The lowest BCUT2D eigenvalue weighted by Gasteiger charge is -1.88. The number of benzene rings is 1. The lowest BCUT2D eigenvalue weighted by molar-refractivity contribution is 0.637. The number of fused-ring (bicyclic) bond motifs is 1. The van der Waals surface area contributed by atoms with Crippen LogP contribution in [0, 0.1) is 0 Å². The molecule has 3 heteroatoms. The predicted octanol–water partition coefficient (Wildman–Crippen LogP) is 2.78. The fraction of sp³-hybridized carbons (Fsp3) is 0. The van der Waals surface area contributed by atoms with Crippen molar-refractivity contribution < 1.29 is 4.42 Å². The van der Waals surface area contributed by atoms with Crippen molar-refractivity contribution in [2.45, 2.75) is 0 Å². The topological polar surface area (TPSA) is 39.2 Å². The minimum absolute atomic E-state index is 0.451. The normalized spacial score (nSPS) is 10.6. The molecule has 0 aliphatic rings. The number of nitrogens with two attached hydrogens (primary N) is 1. The van der Waals surface area contributed by atoms with E-state index in [1.165, 1.54) is 0 Å². The Bertz CT molecular complexity index is 394. The number of furan rings is 1. The summed E-state index contributed by atoms with van der Waals surface area (Å²) in [5.41, 5.74) is 6.29. The first-order valence-electron chi connectivity index (χ1n) is 3.21. The van der Waals surface area contributed by atoms with Gasteiger partial charge in [-0.05, 0) is 12.1 Å². The van der Waals surface area contributed by atoms with Crippen LogP contribution in [0.15, 0.2) is 33.2 Å². The van der Waals surface area contributed by atoms with E-state index in [1.54, 1.807) is 6.07 Å². The maximum absolute atomic E-state index is 5.47. The van der Waals surface area contributed by atoms with E-state index >= 15 is 0 Å². The second-order valence-electron chi connectivity index (χ2n) is 2.30. The molecule has 0 aliphatic heterocycles. The van der Waals surface area contributed by atoms with E-state index in [0.29, 0.717) is 5.88 Å². The third-order valence-corrected chi connectivity index (χ3v) is 2.22. The van der Waals surface area contributed by atoms with E-state index in [2.05, 4.69) is 15.9 Å². The average molecular weight is 212 g/mol. The van der Waals surface area contributed by atoms with Gasteiger partial charge in [0.2, 0.25) is 0 Å². The summed E-state index contributed by atoms with van der Waals surface area (Å²) in [7, 11) is 0. The Kier molecular flexibility index (Phi) is 1.39. The molecule has 0 spiro atoms. The van der Waals surface area contributed by atoms with Crippen LogP contribution in [-0.4, -0.2) is 0 Å². The van der Waals surface area contributed by atoms with E-state index in [0.717, 1.165) is 15.4 Å². The molecule has 2 rings (SSSR count). The molecular formula is C8H6BrNO. The van der Waals surface area contributed by atoms with Gasteiger partial charge in [0, 0.05) is 15.9 Å². The van der Waals surface area contributed by atoms with Crippen molar-refractivity contribution in [2.75, 3.05) is 5.73 Å². The van der Waals surface area contributed by atoms with Crippen LogP contribution in [0.2, 0.25) is 0 Å². The molecule has 1 aromatic carbocycles. The molecule has 0 fully saturated rings. The molecule has 1 aromatic heterocycles. The SMILES string of the molecule is Nc1cc2c(Br)cccc2o1. The first kappa shape index (κ1) is 6.73. The molecular weight excluding hydrogens is 206 g/mol. The van der Waals surface area contributed by atoms with Crippen LogP contribution in [0.25, 0.3) is 11.0 Å². The highest BCUT2D eigenvalue weighted by Crippen LogP contribution is 2.27. The molecule has 0 radical (unpaired) electrons. The van der Waals surface area contributed by atoms with E-state index in [9.17, 15) is 0 Å². The Morgan fingerprint density at radius 3 is 2.91 bits per heavy atom. The molecule has 0 bridgehead atoms. The van der Waals surface area contributed by atoms with Gasteiger partial charge in [0.25, 0.3) is 0 Å². The van der Waals surface area contributed by atoms with Gasteiger partial charge in [-0.1, -0.05) is 22.0 Å². The van der Waals surface area contributed by atoms with Gasteiger partial charge in [-0.15, -0.1) is 0 Å². The second kappa shape index (κ2) is 2.27. The monoisotopic (exact) mass is 211 g/mol. The maximum Gasteiger partial charge on any atom is 0.191 e. The lowest BCUT2D eigenvalue weighted by atomic mass is 10.3. The Labute approximate surface area is 72.1 Å². The van der Waals surface area contributed by atoms with Crippen molar-refractivity contribution in [1.82, 2.24) is 0 Å². The Balaban J connectivity index is 2.90. The molecule has 1 heterocycles. The van der Waals surface area contributed by atoms with Crippen LogP contribution in [0.3, 0.4) is 0 Å². The van der Waals surface area contributed by atoms with Crippen LogP contribution < -0.4 is 5.73 Å². The van der Waals surface area contributed by atoms with Crippen molar-refractivity contribution in [3.05, 3.63) is 28.7 Å². The van der Waals surface area contributed by atoms with Crippen LogP contribution in [0.1, 0.15) is 0 Å². The highest BCUT2D eigenvalue weighted by atomic mass is 79.9. The zero-order valence-electron chi connectivity index (χ0n) is 5.67. The molecule has 0 atom stereocenters. The van der Waals surface area contributed by atoms with E-state index in [4.69, 9.17) is 10.2 Å². The fourth-order valence-corrected chi connectivity index (χ4v) is 1.51. The molecule has 2 nitrogen and oxygen atoms in total. The summed E-state index contributed by atoms with van der Waals surface area (Å²) in [6.45, 7) is 0. The average Bonchev–Trinajstić information content (AvgIpc) is 2.31. The van der Waals surface area contributed by atoms with E-state index in [1.807, 2.05) is 18.2 Å². The first-order chi connectivity index (χ1) is 5.27. The molecule has 2 aromatic rings. The smallest absolute Gasteiger partial charge is 0.191 e. The zero-order chi connectivity index (χ0) is 7.84. The maximum atomic E-state index is 5.47. The summed E-state index contributed by atoms with van der Waals surface area (Å²) in [6.07, 6.45) is 0. The number of halogens is 1. The molecule has 0 amide bonds. The number of nitrogen functional groups attached to an aromatic ring is 1. The van der Waals surface area contributed by atoms with Crippen LogP contribution in [-0.2, 0) is 0 Å². The van der Waals surface area contributed by atoms with Gasteiger partial charge in [0.15, 0.2) is 5.88 Å². The van der Waals surface area contributed by atoms with Crippen molar-refractivity contribution in [3.8, 4) is 0 Å². The van der Waals surface area contributed by atoms with Crippen molar-refractivity contribution >= 4 is 32.8 Å². The van der Waals surface area contributed by atoms with Crippen molar-refractivity contribution in [1.29, 1.82) is 0 Å². The van der Waals surface area contributed by atoms with Crippen LogP contribution in [0.5, 0.6) is 0 Å². The highest BCUT2D eigenvalue weighted by molar-refractivity contribution is 9.10. The van der Waals surface area contributed by atoms with Gasteiger partial charge in [-0.2, -0.15) is 0 Å². The van der Waals surface area contributed by atoms with Gasteiger partial charge in [-0.25, -0.2) is 0 Å². The van der Waals surface area contributed by atoms with Crippen LogP contribution >= 0.6 is 15.9 Å². The van der Waals surface area contributed by atoms with Gasteiger partial charge in [-0.3, -0.25) is 0 Å². The van der Waals surface area contributed by atoms with Crippen LogP contribution in [0.4, 0.5) is 5.88 Å². The Hall–Kier alpha value is -0.960. The Morgan fingerprint density at radius 1 is 1.36 bits per heavy atom. The summed E-state index contributed by atoms with van der Waals surface area (Å²) in [5, 5.41) is 1.02. The molecule has 0 saturated heterocycles. The third kappa shape index (κ3) is 1.01. The second-order valence-corrected chi connectivity index (χ2v) is 3.15. The van der Waals surface area contributed by atoms with Gasteiger partial charge < -0.3 is 10.2 Å². The number of anilines is 1. The largest absolute Gasteiger partial charge is 0.441 e. The molecule has 0 aliphatic carbocycles. The number of hydrogen-bond donors (Lipinski definition) is 1. The summed E-state index contributed by atoms with van der Waals surface area (Å²) in [6, 6.07) is 7.56. The van der Waals surface area contributed by atoms with E-state index < -0.39 is 0 Å². The summed E-state index contributed by atoms with van der Waals surface area (Å²) in [4.78, 5) is 0. The Morgan fingerprint density at radius 2 is 2.18 bits per heavy atom. The zero-order valence-corrected chi connectivity index (χ0v) is 7.26. The summed E-state index contributed by atoms with van der Waals surface area (Å²) >= 11 is 3.39. The minimum Gasteiger partial charge on any atom is -0.441 e. The first-order valence-corrected chi connectivity index (χ1v) is 4.00. The van der Waals surface area contributed by atoms with E-state index in [-0.39, 0.29) is 0 Å². The van der Waals surface area contributed by atoms with Crippen molar-refractivity contribution in [2.24, 2.45) is 0 Å². The fourth-order valence-electron chi connectivity index (χ4n) is 1.05.